The quantitative estimate of drug-likeness (QED) is 0.542. The summed E-state index contributed by atoms with van der Waals surface area (Å²) in [6, 6.07) is 18.2. The van der Waals surface area contributed by atoms with Crippen molar-refractivity contribution >= 4 is 27.3 Å². The van der Waals surface area contributed by atoms with Gasteiger partial charge in [0.05, 0.1) is 24.8 Å². The summed E-state index contributed by atoms with van der Waals surface area (Å²) in [5.41, 5.74) is 2.30. The van der Waals surface area contributed by atoms with E-state index in [2.05, 4.69) is 5.32 Å². The SMILES string of the molecule is CCN(c1ccccc1)S(=O)(=O)c1ccc(C(=O)Nc2cc(OC)c(OC)cc2C)cc1. The van der Waals surface area contributed by atoms with Crippen molar-refractivity contribution in [1.29, 1.82) is 0 Å². The van der Waals surface area contributed by atoms with E-state index >= 15 is 0 Å². The molecule has 3 aromatic carbocycles. The van der Waals surface area contributed by atoms with E-state index in [1.54, 1.807) is 50.4 Å². The van der Waals surface area contributed by atoms with Crippen LogP contribution in [-0.4, -0.2) is 35.1 Å². The standard InChI is InChI=1S/C24H26N2O5S/c1-5-26(19-9-7-6-8-10-19)32(28,29)20-13-11-18(12-14-20)24(27)25-21-16-23(31-4)22(30-3)15-17(21)2/h6-16H,5H2,1-4H3,(H,25,27). The first kappa shape index (κ1) is 23.1. The highest BCUT2D eigenvalue weighted by Gasteiger charge is 2.23. The number of anilines is 2. The third-order valence-electron chi connectivity index (χ3n) is 5.01. The molecule has 32 heavy (non-hydrogen) atoms. The summed E-state index contributed by atoms with van der Waals surface area (Å²) in [6.07, 6.45) is 0. The van der Waals surface area contributed by atoms with Crippen molar-refractivity contribution in [2.45, 2.75) is 18.7 Å². The summed E-state index contributed by atoms with van der Waals surface area (Å²) in [6.45, 7) is 3.90. The van der Waals surface area contributed by atoms with Gasteiger partial charge in [-0.05, 0) is 61.9 Å². The molecule has 0 aliphatic carbocycles. The fraction of sp³-hybridized carbons (Fsp3) is 0.208. The molecule has 7 nitrogen and oxygen atoms in total. The second-order valence-corrected chi connectivity index (χ2v) is 8.87. The molecule has 0 radical (unpaired) electrons. The van der Waals surface area contributed by atoms with Gasteiger partial charge in [0.1, 0.15) is 0 Å². The molecule has 168 valence electrons. The van der Waals surface area contributed by atoms with Gasteiger partial charge in [0, 0.05) is 23.9 Å². The number of hydrogen-bond acceptors (Lipinski definition) is 5. The number of hydrogen-bond donors (Lipinski definition) is 1. The van der Waals surface area contributed by atoms with E-state index in [0.717, 1.165) is 5.56 Å². The Morgan fingerprint density at radius 2 is 1.53 bits per heavy atom. The van der Waals surface area contributed by atoms with Crippen molar-refractivity contribution in [3.63, 3.8) is 0 Å². The average molecular weight is 455 g/mol. The predicted molar refractivity (Wildman–Crippen MR) is 125 cm³/mol. The Morgan fingerprint density at radius 3 is 2.09 bits per heavy atom. The van der Waals surface area contributed by atoms with Crippen molar-refractivity contribution in [3.8, 4) is 11.5 Å². The molecule has 0 spiro atoms. The Bertz CT molecular complexity index is 1190. The number of aryl methyl sites for hydroxylation is 1. The van der Waals surface area contributed by atoms with Crippen LogP contribution in [0.5, 0.6) is 11.5 Å². The van der Waals surface area contributed by atoms with Crippen LogP contribution in [0.15, 0.2) is 71.6 Å². The minimum atomic E-state index is -3.76. The number of nitrogens with zero attached hydrogens (tertiary/aromatic N) is 1. The molecule has 0 aromatic heterocycles. The predicted octanol–water partition coefficient (Wildman–Crippen LogP) is 4.48. The van der Waals surface area contributed by atoms with Crippen LogP contribution in [0.1, 0.15) is 22.8 Å². The van der Waals surface area contributed by atoms with E-state index in [9.17, 15) is 13.2 Å². The molecule has 8 heteroatoms. The van der Waals surface area contributed by atoms with Crippen LogP contribution in [0.3, 0.4) is 0 Å². The number of methoxy groups -OCH3 is 2. The van der Waals surface area contributed by atoms with Gasteiger partial charge in [0.15, 0.2) is 11.5 Å². The van der Waals surface area contributed by atoms with Crippen LogP contribution in [0.2, 0.25) is 0 Å². The highest BCUT2D eigenvalue weighted by atomic mass is 32.2. The van der Waals surface area contributed by atoms with Gasteiger partial charge in [-0.25, -0.2) is 8.42 Å². The van der Waals surface area contributed by atoms with E-state index in [-0.39, 0.29) is 17.3 Å². The molecule has 0 aliphatic rings. The topological polar surface area (TPSA) is 84.9 Å². The Morgan fingerprint density at radius 1 is 0.938 bits per heavy atom. The van der Waals surface area contributed by atoms with Gasteiger partial charge >= 0.3 is 0 Å². The molecule has 0 atom stereocenters. The fourth-order valence-electron chi connectivity index (χ4n) is 3.30. The van der Waals surface area contributed by atoms with Crippen LogP contribution in [0, 0.1) is 6.92 Å². The number of sulfonamides is 1. The van der Waals surface area contributed by atoms with Gasteiger partial charge in [0.25, 0.3) is 15.9 Å². The smallest absolute Gasteiger partial charge is 0.264 e. The molecule has 0 saturated carbocycles. The summed E-state index contributed by atoms with van der Waals surface area (Å²) in [7, 11) is -0.693. The minimum Gasteiger partial charge on any atom is -0.493 e. The molecule has 0 bridgehead atoms. The number of nitrogens with one attached hydrogen (secondary N) is 1. The fourth-order valence-corrected chi connectivity index (χ4v) is 4.77. The van der Waals surface area contributed by atoms with Crippen molar-refractivity contribution in [2.75, 3.05) is 30.4 Å². The first-order valence-electron chi connectivity index (χ1n) is 10.0. The molecule has 0 heterocycles. The zero-order valence-corrected chi connectivity index (χ0v) is 19.3. The van der Waals surface area contributed by atoms with Gasteiger partial charge in [0.2, 0.25) is 0 Å². The lowest BCUT2D eigenvalue weighted by Crippen LogP contribution is -2.30. The number of ether oxygens (including phenoxy) is 2. The summed E-state index contributed by atoms with van der Waals surface area (Å²) < 4.78 is 38.1. The van der Waals surface area contributed by atoms with Gasteiger partial charge in [-0.15, -0.1) is 0 Å². The highest BCUT2D eigenvalue weighted by molar-refractivity contribution is 7.92. The van der Waals surface area contributed by atoms with Gasteiger partial charge < -0.3 is 14.8 Å². The number of carbonyl (C=O) groups excluding carboxylic acids is 1. The van der Waals surface area contributed by atoms with Crippen LogP contribution in [-0.2, 0) is 10.0 Å². The molecule has 1 amide bonds. The number of benzene rings is 3. The highest BCUT2D eigenvalue weighted by Crippen LogP contribution is 2.33. The second kappa shape index (κ2) is 9.74. The summed E-state index contributed by atoms with van der Waals surface area (Å²) in [5.74, 6) is 0.700. The lowest BCUT2D eigenvalue weighted by atomic mass is 10.1. The van der Waals surface area contributed by atoms with Crippen LogP contribution >= 0.6 is 0 Å². The largest absolute Gasteiger partial charge is 0.493 e. The molecule has 1 N–H and O–H groups in total. The first-order chi connectivity index (χ1) is 15.3. The van der Waals surface area contributed by atoms with Crippen molar-refractivity contribution < 1.29 is 22.7 Å². The van der Waals surface area contributed by atoms with Gasteiger partial charge in [-0.3, -0.25) is 9.10 Å². The van der Waals surface area contributed by atoms with Crippen molar-refractivity contribution in [3.05, 3.63) is 77.9 Å². The molecule has 3 rings (SSSR count). The summed E-state index contributed by atoms with van der Waals surface area (Å²) in [4.78, 5) is 12.9. The second-order valence-electron chi connectivity index (χ2n) is 7.01. The van der Waals surface area contributed by atoms with Crippen molar-refractivity contribution in [1.82, 2.24) is 0 Å². The van der Waals surface area contributed by atoms with Crippen molar-refractivity contribution in [2.24, 2.45) is 0 Å². The van der Waals surface area contributed by atoms with E-state index in [1.165, 1.54) is 35.7 Å². The number of rotatable bonds is 8. The Hall–Kier alpha value is -3.52. The molecule has 0 fully saturated rings. The Balaban J connectivity index is 1.83. The van der Waals surface area contributed by atoms with E-state index in [1.807, 2.05) is 13.0 Å². The Labute approximate surface area is 188 Å². The third kappa shape index (κ3) is 4.70. The molecule has 0 saturated heterocycles. The molecule has 0 unspecified atom stereocenters. The van der Waals surface area contributed by atoms with E-state index in [0.29, 0.717) is 28.4 Å². The normalized spacial score (nSPS) is 11.0. The first-order valence-corrected chi connectivity index (χ1v) is 11.5. The zero-order valence-electron chi connectivity index (χ0n) is 18.5. The molecular weight excluding hydrogens is 428 g/mol. The number of para-hydroxylation sites is 1. The maximum atomic E-state index is 13.1. The molecular formula is C24H26N2O5S. The number of amides is 1. The maximum Gasteiger partial charge on any atom is 0.264 e. The molecule has 0 aliphatic heterocycles. The van der Waals surface area contributed by atoms with Crippen LogP contribution < -0.4 is 19.1 Å². The maximum absolute atomic E-state index is 13.1. The lowest BCUT2D eigenvalue weighted by molar-refractivity contribution is 0.102. The number of carbonyl (C=O) groups is 1. The lowest BCUT2D eigenvalue weighted by Gasteiger charge is -2.23. The third-order valence-corrected chi connectivity index (χ3v) is 6.93. The zero-order chi connectivity index (χ0) is 23.3. The molecule has 3 aromatic rings. The van der Waals surface area contributed by atoms with E-state index < -0.39 is 10.0 Å². The van der Waals surface area contributed by atoms with Gasteiger partial charge in [-0.1, -0.05) is 18.2 Å². The summed E-state index contributed by atoms with van der Waals surface area (Å²) in [5, 5.41) is 2.84. The monoisotopic (exact) mass is 454 g/mol. The van der Waals surface area contributed by atoms with Crippen LogP contribution in [0.25, 0.3) is 0 Å². The summed E-state index contributed by atoms with van der Waals surface area (Å²) >= 11 is 0. The average Bonchev–Trinajstić information content (AvgIpc) is 2.81. The van der Waals surface area contributed by atoms with E-state index in [4.69, 9.17) is 9.47 Å². The Kier molecular flexibility index (Phi) is 7.05. The van der Waals surface area contributed by atoms with Gasteiger partial charge in [-0.2, -0.15) is 0 Å². The minimum absolute atomic E-state index is 0.113. The van der Waals surface area contributed by atoms with Crippen LogP contribution in [0.4, 0.5) is 11.4 Å².